The molecule has 0 saturated carbocycles. The molecule has 0 heterocycles. The first-order valence-electron chi connectivity index (χ1n) is 3.78. The third-order valence-electron chi connectivity index (χ3n) is 1.66. The van der Waals surface area contributed by atoms with Gasteiger partial charge in [-0.3, -0.25) is 0 Å². The summed E-state index contributed by atoms with van der Waals surface area (Å²) in [4.78, 5) is 10.6. The molecular weight excluding hydrogens is 284 g/mol. The van der Waals surface area contributed by atoms with Crippen LogP contribution in [0.1, 0.15) is 5.56 Å². The first kappa shape index (κ1) is 13.2. The first-order valence-corrected chi connectivity index (χ1v) is 4.91. The molecule has 7 heteroatoms. The predicted molar refractivity (Wildman–Crippen MR) is 58.2 cm³/mol. The van der Waals surface area contributed by atoms with Crippen molar-refractivity contribution in [3.63, 3.8) is 0 Å². The Morgan fingerprint density at radius 3 is 1.88 bits per heavy atom. The third-order valence-corrected chi connectivity index (χ3v) is 2.47. The van der Waals surface area contributed by atoms with Crippen LogP contribution in [0.4, 0.5) is 8.78 Å². The Bertz CT molecular complexity index is 459. The lowest BCUT2D eigenvalue weighted by Gasteiger charge is -2.07. The SMILES string of the molecule is O=C(O)C(=C(F)F)c1c(Cl)cc(Cl)cc1Cl. The van der Waals surface area contributed by atoms with Gasteiger partial charge in [0.2, 0.25) is 0 Å². The maximum absolute atomic E-state index is 12.4. The Labute approximate surface area is 104 Å². The summed E-state index contributed by atoms with van der Waals surface area (Å²) < 4.78 is 24.9. The van der Waals surface area contributed by atoms with Crippen LogP contribution in [-0.4, -0.2) is 11.1 Å². The maximum Gasteiger partial charge on any atom is 0.341 e. The van der Waals surface area contributed by atoms with E-state index in [4.69, 9.17) is 39.9 Å². The molecule has 0 amide bonds. The molecule has 0 aromatic heterocycles. The van der Waals surface area contributed by atoms with Gasteiger partial charge in [-0.1, -0.05) is 34.8 Å². The minimum atomic E-state index is -2.38. The number of aliphatic carboxylic acids is 1. The fraction of sp³-hybridized carbons (Fsp3) is 0. The molecule has 0 aliphatic carbocycles. The number of carboxylic acid groups (broad SMARTS) is 1. The Kier molecular flexibility index (Phi) is 4.13. The molecule has 0 bridgehead atoms. The van der Waals surface area contributed by atoms with E-state index in [-0.39, 0.29) is 15.1 Å². The van der Waals surface area contributed by atoms with Gasteiger partial charge in [-0.2, -0.15) is 8.78 Å². The van der Waals surface area contributed by atoms with E-state index in [1.54, 1.807) is 0 Å². The summed E-state index contributed by atoms with van der Waals surface area (Å²) in [5.74, 6) is -1.81. The minimum absolute atomic E-state index is 0.128. The normalized spacial score (nSPS) is 10.1. The number of rotatable bonds is 2. The molecule has 2 nitrogen and oxygen atoms in total. The lowest BCUT2D eigenvalue weighted by molar-refractivity contribution is -0.130. The molecule has 0 fully saturated rings. The zero-order valence-corrected chi connectivity index (χ0v) is 9.67. The van der Waals surface area contributed by atoms with Crippen LogP contribution in [0.15, 0.2) is 18.2 Å². The zero-order valence-electron chi connectivity index (χ0n) is 7.40. The lowest BCUT2D eigenvalue weighted by Crippen LogP contribution is -2.02. The van der Waals surface area contributed by atoms with E-state index in [1.165, 1.54) is 0 Å². The summed E-state index contributed by atoms with van der Waals surface area (Å²) in [6, 6.07) is 2.27. The van der Waals surface area contributed by atoms with E-state index in [2.05, 4.69) is 0 Å². The van der Waals surface area contributed by atoms with Crippen molar-refractivity contribution in [2.75, 3.05) is 0 Å². The summed E-state index contributed by atoms with van der Waals surface area (Å²) in [5.41, 5.74) is -1.67. The quantitative estimate of drug-likeness (QED) is 0.822. The Morgan fingerprint density at radius 2 is 1.56 bits per heavy atom. The monoisotopic (exact) mass is 286 g/mol. The van der Waals surface area contributed by atoms with E-state index in [0.29, 0.717) is 0 Å². The summed E-state index contributed by atoms with van der Waals surface area (Å²) in [6.45, 7) is 0. The van der Waals surface area contributed by atoms with Crippen molar-refractivity contribution < 1.29 is 18.7 Å². The fourth-order valence-electron chi connectivity index (χ4n) is 1.06. The van der Waals surface area contributed by atoms with Crippen LogP contribution in [-0.2, 0) is 4.79 Å². The fourth-order valence-corrected chi connectivity index (χ4v) is 2.07. The molecule has 0 spiro atoms. The average molecular weight is 287 g/mol. The van der Waals surface area contributed by atoms with Crippen molar-refractivity contribution in [1.29, 1.82) is 0 Å². The number of carboxylic acids is 1. The molecule has 1 rings (SSSR count). The molecule has 0 unspecified atom stereocenters. The van der Waals surface area contributed by atoms with E-state index in [0.717, 1.165) is 12.1 Å². The topological polar surface area (TPSA) is 37.3 Å². The van der Waals surface area contributed by atoms with Crippen LogP contribution in [0.3, 0.4) is 0 Å². The molecule has 1 aromatic carbocycles. The molecule has 0 radical (unpaired) electrons. The predicted octanol–water partition coefficient (Wildman–Crippen LogP) is 4.34. The van der Waals surface area contributed by atoms with Crippen LogP contribution in [0.2, 0.25) is 15.1 Å². The zero-order chi connectivity index (χ0) is 12.5. The maximum atomic E-state index is 12.4. The molecule has 1 aromatic rings. The van der Waals surface area contributed by atoms with Crippen molar-refractivity contribution >= 4 is 46.3 Å². The molecular formula is C9H3Cl3F2O2. The highest BCUT2D eigenvalue weighted by molar-refractivity contribution is 6.42. The number of carbonyl (C=O) groups is 1. The highest BCUT2D eigenvalue weighted by Gasteiger charge is 2.23. The first-order chi connectivity index (χ1) is 7.34. The third kappa shape index (κ3) is 2.64. The highest BCUT2D eigenvalue weighted by Crippen LogP contribution is 2.36. The summed E-state index contributed by atoms with van der Waals surface area (Å²) in [7, 11) is 0. The Hall–Kier alpha value is -0.840. The van der Waals surface area contributed by atoms with Crippen molar-refractivity contribution in [3.05, 3.63) is 38.8 Å². The number of benzene rings is 1. The molecule has 0 saturated heterocycles. The standard InChI is InChI=1S/C9H3Cl3F2O2/c10-3-1-4(11)6(5(12)2-3)7(8(13)14)9(15)16/h1-2H,(H,15,16). The van der Waals surface area contributed by atoms with Gasteiger partial charge in [0.25, 0.3) is 6.08 Å². The van der Waals surface area contributed by atoms with Gasteiger partial charge in [-0.05, 0) is 12.1 Å². The molecule has 16 heavy (non-hydrogen) atoms. The van der Waals surface area contributed by atoms with Crippen molar-refractivity contribution in [3.8, 4) is 0 Å². The smallest absolute Gasteiger partial charge is 0.341 e. The molecule has 86 valence electrons. The van der Waals surface area contributed by atoms with Gasteiger partial charge in [0.15, 0.2) is 0 Å². The van der Waals surface area contributed by atoms with E-state index in [9.17, 15) is 13.6 Å². The van der Waals surface area contributed by atoms with Gasteiger partial charge in [0.05, 0.1) is 10.0 Å². The van der Waals surface area contributed by atoms with Gasteiger partial charge in [0.1, 0.15) is 5.57 Å². The Morgan fingerprint density at radius 1 is 1.12 bits per heavy atom. The second kappa shape index (κ2) is 4.99. The average Bonchev–Trinajstić information content (AvgIpc) is 2.09. The largest absolute Gasteiger partial charge is 0.477 e. The van der Waals surface area contributed by atoms with Crippen molar-refractivity contribution in [2.45, 2.75) is 0 Å². The second-order valence-corrected chi connectivity index (χ2v) is 3.94. The van der Waals surface area contributed by atoms with Crippen LogP contribution in [0, 0.1) is 0 Å². The summed E-state index contributed by atoms with van der Waals surface area (Å²) in [6.07, 6.45) is -2.38. The van der Waals surface area contributed by atoms with E-state index in [1.807, 2.05) is 0 Å². The molecule has 0 aliphatic heterocycles. The van der Waals surface area contributed by atoms with Crippen LogP contribution in [0.25, 0.3) is 5.57 Å². The van der Waals surface area contributed by atoms with Crippen molar-refractivity contribution in [2.24, 2.45) is 0 Å². The van der Waals surface area contributed by atoms with Gasteiger partial charge in [0, 0.05) is 10.6 Å². The van der Waals surface area contributed by atoms with Gasteiger partial charge in [-0.25, -0.2) is 4.79 Å². The van der Waals surface area contributed by atoms with Gasteiger partial charge in [-0.15, -0.1) is 0 Å². The number of halogens is 5. The van der Waals surface area contributed by atoms with Crippen LogP contribution in [0.5, 0.6) is 0 Å². The van der Waals surface area contributed by atoms with Crippen LogP contribution < -0.4 is 0 Å². The molecule has 0 atom stereocenters. The van der Waals surface area contributed by atoms with Gasteiger partial charge < -0.3 is 5.11 Å². The summed E-state index contributed by atoms with van der Waals surface area (Å²) in [5, 5.41) is 8.26. The molecule has 0 aliphatic rings. The van der Waals surface area contributed by atoms with Gasteiger partial charge >= 0.3 is 5.97 Å². The van der Waals surface area contributed by atoms with E-state index < -0.39 is 23.2 Å². The van der Waals surface area contributed by atoms with E-state index >= 15 is 0 Å². The Balaban J connectivity index is 3.55. The second-order valence-electron chi connectivity index (χ2n) is 2.68. The highest BCUT2D eigenvalue weighted by atomic mass is 35.5. The number of hydrogen-bond donors (Lipinski definition) is 1. The van der Waals surface area contributed by atoms with Crippen molar-refractivity contribution in [1.82, 2.24) is 0 Å². The van der Waals surface area contributed by atoms with Crippen LogP contribution >= 0.6 is 34.8 Å². The number of hydrogen-bond acceptors (Lipinski definition) is 1. The lowest BCUT2D eigenvalue weighted by atomic mass is 10.1. The summed E-state index contributed by atoms with van der Waals surface area (Å²) >= 11 is 16.8. The molecule has 1 N–H and O–H groups in total. The minimum Gasteiger partial charge on any atom is -0.477 e.